The Labute approximate surface area is 93.8 Å². The second-order valence-corrected chi connectivity index (χ2v) is 5.04. The van der Waals surface area contributed by atoms with Crippen LogP contribution in [0.2, 0.25) is 0 Å². The van der Waals surface area contributed by atoms with Gasteiger partial charge in [-0.3, -0.25) is 4.79 Å². The molecule has 3 N–H and O–H groups in total. The summed E-state index contributed by atoms with van der Waals surface area (Å²) < 4.78 is 4.62. The predicted molar refractivity (Wildman–Crippen MR) is 56.8 cm³/mol. The zero-order valence-electron chi connectivity index (χ0n) is 9.73. The minimum Gasteiger partial charge on any atom is -0.480 e. The van der Waals surface area contributed by atoms with Gasteiger partial charge in [-0.05, 0) is 11.8 Å². The van der Waals surface area contributed by atoms with Gasteiger partial charge in [0.25, 0.3) is 0 Å². The number of hydrogen-bond acceptors (Lipinski definition) is 5. The summed E-state index contributed by atoms with van der Waals surface area (Å²) in [5, 5.41) is 16.2. The Morgan fingerprint density at radius 1 is 1.44 bits per heavy atom. The largest absolute Gasteiger partial charge is 0.480 e. The van der Waals surface area contributed by atoms with Gasteiger partial charge in [-0.2, -0.15) is 0 Å². The molecule has 1 unspecified atom stereocenters. The third kappa shape index (κ3) is 3.62. The minimum absolute atomic E-state index is 0.0423. The first-order valence-electron chi connectivity index (χ1n) is 5.08. The van der Waals surface area contributed by atoms with Gasteiger partial charge < -0.3 is 10.8 Å². The van der Waals surface area contributed by atoms with E-state index in [9.17, 15) is 4.79 Å². The van der Waals surface area contributed by atoms with E-state index in [2.05, 4.69) is 35.7 Å². The fourth-order valence-electron chi connectivity index (χ4n) is 1.31. The lowest BCUT2D eigenvalue weighted by atomic mass is 9.89. The van der Waals surface area contributed by atoms with Gasteiger partial charge in [0, 0.05) is 6.42 Å². The normalized spacial score (nSPS) is 13.8. The number of carboxylic acids is 1. The van der Waals surface area contributed by atoms with Crippen LogP contribution in [0.25, 0.3) is 0 Å². The average Bonchev–Trinajstić information content (AvgIpc) is 2.49. The van der Waals surface area contributed by atoms with Crippen molar-refractivity contribution in [2.75, 3.05) is 0 Å². The summed E-state index contributed by atoms with van der Waals surface area (Å²) in [5.41, 5.74) is 6.69. The summed E-state index contributed by atoms with van der Waals surface area (Å²) in [5.74, 6) is -1.05. The first-order chi connectivity index (χ1) is 7.29. The highest BCUT2D eigenvalue weighted by Gasteiger charge is 2.22. The molecule has 1 heterocycles. The molecule has 1 aromatic rings. The van der Waals surface area contributed by atoms with Crippen molar-refractivity contribution in [1.82, 2.24) is 10.3 Å². The van der Waals surface area contributed by atoms with Crippen molar-refractivity contribution in [1.29, 1.82) is 0 Å². The number of carboxylic acid groups (broad SMARTS) is 1. The standard InChI is InChI=1S/C10H17N3O3/c1-10(2,3)5-8-7(12-16-13-8)4-6(11)9(14)15/h6H,4-5,11H2,1-3H3,(H,14,15). The Morgan fingerprint density at radius 2 is 2.00 bits per heavy atom. The van der Waals surface area contributed by atoms with E-state index in [0.717, 1.165) is 0 Å². The van der Waals surface area contributed by atoms with Gasteiger partial charge in [0.05, 0.1) is 0 Å². The molecule has 0 saturated heterocycles. The van der Waals surface area contributed by atoms with E-state index in [1.54, 1.807) is 0 Å². The van der Waals surface area contributed by atoms with Gasteiger partial charge in [-0.1, -0.05) is 31.1 Å². The molecule has 0 aliphatic rings. The van der Waals surface area contributed by atoms with Crippen molar-refractivity contribution in [2.45, 2.75) is 39.7 Å². The molecular weight excluding hydrogens is 210 g/mol. The van der Waals surface area contributed by atoms with Crippen LogP contribution >= 0.6 is 0 Å². The van der Waals surface area contributed by atoms with Crippen LogP contribution in [0.1, 0.15) is 32.2 Å². The predicted octanol–water partition coefficient (Wildman–Crippen LogP) is 0.613. The molecule has 0 saturated carbocycles. The highest BCUT2D eigenvalue weighted by Crippen LogP contribution is 2.21. The molecule has 90 valence electrons. The fourth-order valence-corrected chi connectivity index (χ4v) is 1.31. The van der Waals surface area contributed by atoms with Gasteiger partial charge in [0.15, 0.2) is 0 Å². The number of aromatic nitrogens is 2. The Balaban J connectivity index is 2.75. The summed E-state index contributed by atoms with van der Waals surface area (Å²) in [6.45, 7) is 6.17. The van der Waals surface area contributed by atoms with Crippen LogP contribution in [-0.4, -0.2) is 27.4 Å². The molecule has 6 heteroatoms. The molecule has 0 fully saturated rings. The van der Waals surface area contributed by atoms with Crippen LogP contribution < -0.4 is 5.73 Å². The molecule has 1 atom stereocenters. The van der Waals surface area contributed by atoms with Crippen molar-refractivity contribution < 1.29 is 14.5 Å². The quantitative estimate of drug-likeness (QED) is 0.781. The summed E-state index contributed by atoms with van der Waals surface area (Å²) in [6.07, 6.45) is 0.822. The van der Waals surface area contributed by atoms with Gasteiger partial charge in [0.1, 0.15) is 17.4 Å². The molecule has 0 aliphatic heterocycles. The van der Waals surface area contributed by atoms with E-state index in [1.165, 1.54) is 0 Å². The Kier molecular flexibility index (Phi) is 3.64. The summed E-state index contributed by atoms with van der Waals surface area (Å²) >= 11 is 0. The lowest BCUT2D eigenvalue weighted by molar-refractivity contribution is -0.138. The molecular formula is C10H17N3O3. The smallest absolute Gasteiger partial charge is 0.320 e. The maximum atomic E-state index is 10.6. The number of nitrogens with zero attached hydrogens (tertiary/aromatic N) is 2. The van der Waals surface area contributed by atoms with E-state index in [-0.39, 0.29) is 11.8 Å². The van der Waals surface area contributed by atoms with Crippen LogP contribution in [0.5, 0.6) is 0 Å². The second-order valence-electron chi connectivity index (χ2n) is 5.04. The highest BCUT2D eigenvalue weighted by molar-refractivity contribution is 5.73. The number of hydrogen-bond donors (Lipinski definition) is 2. The van der Waals surface area contributed by atoms with Crippen LogP contribution in [0.3, 0.4) is 0 Å². The monoisotopic (exact) mass is 227 g/mol. The molecule has 16 heavy (non-hydrogen) atoms. The number of carbonyl (C=O) groups is 1. The van der Waals surface area contributed by atoms with E-state index in [4.69, 9.17) is 10.8 Å². The Hall–Kier alpha value is -1.43. The van der Waals surface area contributed by atoms with Gasteiger partial charge in [-0.25, -0.2) is 4.63 Å². The van der Waals surface area contributed by atoms with Crippen molar-refractivity contribution in [2.24, 2.45) is 11.1 Å². The van der Waals surface area contributed by atoms with Crippen molar-refractivity contribution >= 4 is 5.97 Å². The van der Waals surface area contributed by atoms with Crippen LogP contribution in [0.15, 0.2) is 4.63 Å². The highest BCUT2D eigenvalue weighted by atomic mass is 16.6. The minimum atomic E-state index is -1.05. The Bertz CT molecular complexity index is 368. The molecule has 0 aromatic carbocycles. The van der Waals surface area contributed by atoms with Gasteiger partial charge >= 0.3 is 5.97 Å². The molecule has 0 bridgehead atoms. The number of rotatable bonds is 4. The van der Waals surface area contributed by atoms with Gasteiger partial charge in [-0.15, -0.1) is 0 Å². The average molecular weight is 227 g/mol. The summed E-state index contributed by atoms with van der Waals surface area (Å²) in [6, 6.07) is -0.967. The topological polar surface area (TPSA) is 102 Å². The van der Waals surface area contributed by atoms with Gasteiger partial charge in [0.2, 0.25) is 0 Å². The third-order valence-corrected chi connectivity index (χ3v) is 2.06. The van der Waals surface area contributed by atoms with E-state index >= 15 is 0 Å². The summed E-state index contributed by atoms with van der Waals surface area (Å²) in [7, 11) is 0. The van der Waals surface area contributed by atoms with Crippen molar-refractivity contribution in [3.8, 4) is 0 Å². The zero-order valence-corrected chi connectivity index (χ0v) is 9.73. The van der Waals surface area contributed by atoms with E-state index in [1.807, 2.05) is 0 Å². The van der Waals surface area contributed by atoms with Crippen LogP contribution in [-0.2, 0) is 17.6 Å². The first kappa shape index (κ1) is 12.6. The SMILES string of the molecule is CC(C)(C)Cc1nonc1CC(N)C(=O)O. The summed E-state index contributed by atoms with van der Waals surface area (Å²) in [4.78, 5) is 10.6. The molecule has 0 amide bonds. The zero-order chi connectivity index (χ0) is 12.3. The lowest BCUT2D eigenvalue weighted by Crippen LogP contribution is -2.32. The lowest BCUT2D eigenvalue weighted by Gasteiger charge is -2.16. The Morgan fingerprint density at radius 3 is 2.50 bits per heavy atom. The maximum Gasteiger partial charge on any atom is 0.320 e. The van der Waals surface area contributed by atoms with Crippen molar-refractivity contribution in [3.05, 3.63) is 11.4 Å². The molecule has 0 spiro atoms. The maximum absolute atomic E-state index is 10.6. The number of aliphatic carboxylic acids is 1. The third-order valence-electron chi connectivity index (χ3n) is 2.06. The van der Waals surface area contributed by atoms with Crippen LogP contribution in [0.4, 0.5) is 0 Å². The van der Waals surface area contributed by atoms with E-state index < -0.39 is 12.0 Å². The van der Waals surface area contributed by atoms with Crippen molar-refractivity contribution in [3.63, 3.8) is 0 Å². The molecule has 0 aliphatic carbocycles. The first-order valence-corrected chi connectivity index (χ1v) is 5.08. The molecule has 1 rings (SSSR count). The molecule has 6 nitrogen and oxygen atoms in total. The van der Waals surface area contributed by atoms with E-state index in [0.29, 0.717) is 17.8 Å². The molecule has 1 aromatic heterocycles. The second kappa shape index (κ2) is 4.61. The fraction of sp³-hybridized carbons (Fsp3) is 0.700. The number of nitrogens with two attached hydrogens (primary N) is 1. The van der Waals surface area contributed by atoms with Crippen LogP contribution in [0, 0.1) is 5.41 Å². The molecule has 0 radical (unpaired) electrons.